The minimum atomic E-state index is -1.02. The van der Waals surface area contributed by atoms with E-state index in [0.29, 0.717) is 10.6 Å². The van der Waals surface area contributed by atoms with E-state index in [4.69, 9.17) is 16.3 Å². The number of rotatable bonds is 6. The first-order valence-corrected chi connectivity index (χ1v) is 7.00. The number of nitrogens with zero attached hydrogens (tertiary/aromatic N) is 1. The van der Waals surface area contributed by atoms with E-state index in [0.717, 1.165) is 6.07 Å². The molecule has 0 bridgehead atoms. The summed E-state index contributed by atoms with van der Waals surface area (Å²) < 4.78 is 18.7. The number of benzene rings is 2. The molecule has 0 heterocycles. The smallest absolute Gasteiger partial charge is 0.327 e. The fourth-order valence-electron chi connectivity index (χ4n) is 2.07. The van der Waals surface area contributed by atoms with E-state index >= 15 is 0 Å². The lowest BCUT2D eigenvalue weighted by Crippen LogP contribution is -2.14. The molecule has 6 nitrogen and oxygen atoms in total. The second kappa shape index (κ2) is 7.26. The Kier molecular flexibility index (Phi) is 5.36. The lowest BCUT2D eigenvalue weighted by Gasteiger charge is -2.15. The van der Waals surface area contributed by atoms with Gasteiger partial charge in [0.25, 0.3) is 0 Å². The first-order chi connectivity index (χ1) is 10.9. The molecule has 0 spiro atoms. The molecule has 122 valence electrons. The van der Waals surface area contributed by atoms with Crippen molar-refractivity contribution in [1.29, 1.82) is 0 Å². The minimum Gasteiger partial charge on any atom is -0.497 e. The van der Waals surface area contributed by atoms with Gasteiger partial charge in [0.05, 0.1) is 18.1 Å². The third-order valence-corrected chi connectivity index (χ3v) is 3.55. The number of nitro benzene ring substituents is 1. The number of methoxy groups -OCH3 is 1. The quantitative estimate of drug-likeness (QED) is 0.620. The highest BCUT2D eigenvalue weighted by Crippen LogP contribution is 2.33. The molecule has 8 heteroatoms. The molecule has 0 aromatic heterocycles. The average Bonchev–Trinajstić information content (AvgIpc) is 2.51. The van der Waals surface area contributed by atoms with Gasteiger partial charge in [-0.15, -0.1) is 0 Å². The third-order valence-electron chi connectivity index (χ3n) is 3.21. The highest BCUT2D eigenvalue weighted by atomic mass is 35.5. The molecule has 0 fully saturated rings. The summed E-state index contributed by atoms with van der Waals surface area (Å²) in [6.07, 6.45) is -1.02. The molecule has 1 atom stereocenters. The summed E-state index contributed by atoms with van der Waals surface area (Å²) >= 11 is 5.98. The van der Waals surface area contributed by atoms with Crippen molar-refractivity contribution in [3.63, 3.8) is 0 Å². The molecule has 2 rings (SSSR count). The first-order valence-electron chi connectivity index (χ1n) is 6.62. The van der Waals surface area contributed by atoms with Gasteiger partial charge in [0.2, 0.25) is 5.82 Å². The maximum atomic E-state index is 13.8. The molecule has 1 unspecified atom stereocenters. The zero-order chi connectivity index (χ0) is 17.0. The number of nitro groups is 1. The summed E-state index contributed by atoms with van der Waals surface area (Å²) in [4.78, 5) is 10.2. The number of aliphatic hydroxyl groups is 1. The van der Waals surface area contributed by atoms with Gasteiger partial charge >= 0.3 is 5.69 Å². The zero-order valence-corrected chi connectivity index (χ0v) is 12.9. The summed E-state index contributed by atoms with van der Waals surface area (Å²) in [6, 6.07) is 8.89. The number of aliphatic hydroxyl groups excluding tert-OH is 1. The molecule has 23 heavy (non-hydrogen) atoms. The topological polar surface area (TPSA) is 84.6 Å². The van der Waals surface area contributed by atoms with Gasteiger partial charge in [-0.1, -0.05) is 29.8 Å². The Morgan fingerprint density at radius 1 is 1.43 bits per heavy atom. The van der Waals surface area contributed by atoms with E-state index < -0.39 is 22.5 Å². The molecule has 2 aromatic carbocycles. The predicted molar refractivity (Wildman–Crippen MR) is 84.5 cm³/mol. The molecule has 0 aliphatic rings. The Balaban J connectivity index is 2.24. The Morgan fingerprint density at radius 2 is 2.13 bits per heavy atom. The van der Waals surface area contributed by atoms with Crippen LogP contribution in [0.5, 0.6) is 5.75 Å². The van der Waals surface area contributed by atoms with Gasteiger partial charge in [-0.2, -0.15) is 4.39 Å². The van der Waals surface area contributed by atoms with E-state index in [1.807, 2.05) is 0 Å². The summed E-state index contributed by atoms with van der Waals surface area (Å²) in [5.74, 6) is -0.896. The number of ether oxygens (including phenoxy) is 1. The van der Waals surface area contributed by atoms with Gasteiger partial charge in [0.1, 0.15) is 11.4 Å². The van der Waals surface area contributed by atoms with Crippen molar-refractivity contribution in [2.24, 2.45) is 0 Å². The van der Waals surface area contributed by atoms with Crippen LogP contribution in [0.1, 0.15) is 11.7 Å². The number of hydrogen-bond acceptors (Lipinski definition) is 5. The highest BCUT2D eigenvalue weighted by Gasteiger charge is 2.23. The molecular formula is C15H14ClFN2O4. The minimum absolute atomic E-state index is 0.0852. The average molecular weight is 341 g/mol. The molecule has 2 aromatic rings. The number of halogens is 2. The van der Waals surface area contributed by atoms with Crippen molar-refractivity contribution in [1.82, 2.24) is 0 Å². The Morgan fingerprint density at radius 3 is 2.74 bits per heavy atom. The SMILES string of the molecule is COc1cc(F)c([N+](=O)[O-])c(NCC(O)c2ccccc2Cl)c1. The van der Waals surface area contributed by atoms with Crippen LogP contribution in [0.15, 0.2) is 36.4 Å². The second-order valence-corrected chi connectivity index (χ2v) is 5.09. The molecule has 2 N–H and O–H groups in total. The molecule has 0 aliphatic carbocycles. The van der Waals surface area contributed by atoms with Gasteiger partial charge in [-0.3, -0.25) is 10.1 Å². The van der Waals surface area contributed by atoms with Crippen LogP contribution in [0.3, 0.4) is 0 Å². The van der Waals surface area contributed by atoms with Crippen molar-refractivity contribution in [2.75, 3.05) is 19.0 Å². The van der Waals surface area contributed by atoms with Crippen molar-refractivity contribution in [3.05, 3.63) is 62.9 Å². The summed E-state index contributed by atoms with van der Waals surface area (Å²) in [7, 11) is 1.32. The lowest BCUT2D eigenvalue weighted by atomic mass is 10.1. The van der Waals surface area contributed by atoms with Crippen LogP contribution in [0.25, 0.3) is 0 Å². The molecule has 0 radical (unpaired) electrons. The fourth-order valence-corrected chi connectivity index (χ4v) is 2.34. The van der Waals surface area contributed by atoms with Crippen molar-refractivity contribution < 1.29 is 19.2 Å². The number of anilines is 1. The fraction of sp³-hybridized carbons (Fsp3) is 0.200. The van der Waals surface area contributed by atoms with Crippen LogP contribution in [0.2, 0.25) is 5.02 Å². The van der Waals surface area contributed by atoms with Crippen LogP contribution in [0, 0.1) is 15.9 Å². The van der Waals surface area contributed by atoms with Gasteiger partial charge in [0.15, 0.2) is 0 Å². The summed E-state index contributed by atoms with van der Waals surface area (Å²) in [6.45, 7) is -0.0861. The zero-order valence-electron chi connectivity index (χ0n) is 12.1. The van der Waals surface area contributed by atoms with Gasteiger partial charge in [-0.05, 0) is 6.07 Å². The maximum absolute atomic E-state index is 13.8. The molecule has 0 amide bonds. The van der Waals surface area contributed by atoms with Crippen molar-refractivity contribution in [2.45, 2.75) is 6.10 Å². The molecular weight excluding hydrogens is 327 g/mol. The standard InChI is InChI=1S/C15H14ClFN2O4/c1-23-9-6-12(17)15(19(21)22)13(7-9)18-8-14(20)10-4-2-3-5-11(10)16/h2-7,14,18,20H,8H2,1H3. The third kappa shape index (κ3) is 3.88. The van der Waals surface area contributed by atoms with Gasteiger partial charge in [-0.25, -0.2) is 0 Å². The van der Waals surface area contributed by atoms with Crippen LogP contribution in [-0.2, 0) is 0 Å². The highest BCUT2D eigenvalue weighted by molar-refractivity contribution is 6.31. The van der Waals surface area contributed by atoms with E-state index in [1.54, 1.807) is 24.3 Å². The Labute approximate surface area is 136 Å². The predicted octanol–water partition coefficient (Wildman–Crippen LogP) is 3.54. The second-order valence-electron chi connectivity index (χ2n) is 4.68. The van der Waals surface area contributed by atoms with E-state index in [2.05, 4.69) is 5.32 Å². The summed E-state index contributed by atoms with van der Waals surface area (Å²) in [5, 5.41) is 24.2. The van der Waals surface area contributed by atoms with Crippen LogP contribution >= 0.6 is 11.6 Å². The van der Waals surface area contributed by atoms with Crippen molar-refractivity contribution in [3.8, 4) is 5.75 Å². The normalized spacial score (nSPS) is 11.8. The Bertz CT molecular complexity index is 727. The van der Waals surface area contributed by atoms with Gasteiger partial charge in [0, 0.05) is 29.3 Å². The largest absolute Gasteiger partial charge is 0.497 e. The lowest BCUT2D eigenvalue weighted by molar-refractivity contribution is -0.386. The van der Waals surface area contributed by atoms with E-state index in [1.165, 1.54) is 13.2 Å². The monoisotopic (exact) mass is 340 g/mol. The van der Waals surface area contributed by atoms with Crippen molar-refractivity contribution >= 4 is 23.0 Å². The van der Waals surface area contributed by atoms with E-state index in [9.17, 15) is 19.6 Å². The molecule has 0 saturated carbocycles. The van der Waals surface area contributed by atoms with Crippen LogP contribution < -0.4 is 10.1 Å². The maximum Gasteiger partial charge on any atom is 0.327 e. The number of hydrogen-bond donors (Lipinski definition) is 2. The van der Waals surface area contributed by atoms with E-state index in [-0.39, 0.29) is 18.0 Å². The molecule has 0 saturated heterocycles. The number of nitrogens with one attached hydrogen (secondary N) is 1. The van der Waals surface area contributed by atoms with Crippen LogP contribution in [0.4, 0.5) is 15.8 Å². The Hall–Kier alpha value is -2.38. The van der Waals surface area contributed by atoms with Crippen LogP contribution in [-0.4, -0.2) is 23.7 Å². The first kappa shape index (κ1) is 17.0. The summed E-state index contributed by atoms with van der Waals surface area (Å²) in [5.41, 5.74) is -0.331. The molecule has 0 aliphatic heterocycles. The van der Waals surface area contributed by atoms with Gasteiger partial charge < -0.3 is 15.2 Å².